The zero-order valence-corrected chi connectivity index (χ0v) is 20.5. The third-order valence-corrected chi connectivity index (χ3v) is 6.89. The first-order chi connectivity index (χ1) is 18.0. The lowest BCUT2D eigenvalue weighted by Gasteiger charge is -2.35. The number of hydrogen-bond donors (Lipinski definition) is 3. The fourth-order valence-corrected chi connectivity index (χ4v) is 4.95. The van der Waals surface area contributed by atoms with Crippen LogP contribution < -0.4 is 4.90 Å². The molecule has 1 atom stereocenters. The van der Waals surface area contributed by atoms with E-state index in [4.69, 9.17) is 15.5 Å². The third-order valence-electron chi connectivity index (χ3n) is 6.89. The Labute approximate surface area is 214 Å². The van der Waals surface area contributed by atoms with Crippen LogP contribution in [0.4, 0.5) is 10.2 Å². The molecule has 1 amide bonds. The predicted octanol–water partition coefficient (Wildman–Crippen LogP) is 3.08. The summed E-state index contributed by atoms with van der Waals surface area (Å²) in [5.41, 5.74) is 2.41. The summed E-state index contributed by atoms with van der Waals surface area (Å²) >= 11 is 0. The van der Waals surface area contributed by atoms with E-state index in [0.717, 1.165) is 42.2 Å². The normalized spacial score (nSPS) is 18.1. The molecule has 4 heterocycles. The molecular weight excluding hydrogens is 473 g/mol. The summed E-state index contributed by atoms with van der Waals surface area (Å²) in [6, 6.07) is 12.4. The average Bonchev–Trinajstić information content (AvgIpc) is 3.62. The van der Waals surface area contributed by atoms with E-state index in [0.29, 0.717) is 37.8 Å². The van der Waals surface area contributed by atoms with Crippen LogP contribution in [0.3, 0.4) is 0 Å². The van der Waals surface area contributed by atoms with Crippen LogP contribution in [0.2, 0.25) is 0 Å². The molecule has 2 aromatic heterocycles. The fraction of sp³-hybridized carbons (Fsp3) is 0.333. The number of amidine groups is 1. The smallest absolute Gasteiger partial charge is 0.248 e. The largest absolute Gasteiger partial charge is 0.387 e. The molecule has 2 aliphatic rings. The molecule has 5 rings (SSSR count). The van der Waals surface area contributed by atoms with Gasteiger partial charge in [0.1, 0.15) is 29.9 Å². The van der Waals surface area contributed by atoms with Crippen molar-refractivity contribution in [3.05, 3.63) is 71.9 Å². The summed E-state index contributed by atoms with van der Waals surface area (Å²) in [5, 5.41) is 17.6. The van der Waals surface area contributed by atoms with Crippen molar-refractivity contribution >= 4 is 23.6 Å². The summed E-state index contributed by atoms with van der Waals surface area (Å²) in [4.78, 5) is 30.0. The highest BCUT2D eigenvalue weighted by Gasteiger charge is 2.27. The topological polar surface area (TPSA) is 112 Å². The molecule has 0 radical (unpaired) electrons. The Bertz CT molecular complexity index is 1300. The van der Waals surface area contributed by atoms with Crippen molar-refractivity contribution in [1.29, 1.82) is 5.41 Å². The first-order valence-corrected chi connectivity index (χ1v) is 12.5. The maximum absolute atomic E-state index is 13.7. The number of nitrogens with zero attached hydrogens (tertiary/aromatic N) is 5. The first-order valence-electron chi connectivity index (χ1n) is 12.5. The number of piperazine rings is 1. The zero-order valence-electron chi connectivity index (χ0n) is 20.5. The molecule has 1 unspecified atom stereocenters. The van der Waals surface area contributed by atoms with E-state index < -0.39 is 6.61 Å². The minimum atomic E-state index is -0.463. The van der Waals surface area contributed by atoms with E-state index in [9.17, 15) is 9.18 Å². The highest BCUT2D eigenvalue weighted by Crippen LogP contribution is 2.32. The van der Waals surface area contributed by atoms with Gasteiger partial charge in [-0.25, -0.2) is 14.4 Å². The number of anilines is 1. The van der Waals surface area contributed by atoms with Crippen molar-refractivity contribution in [3.8, 4) is 11.4 Å². The number of imidazole rings is 1. The van der Waals surface area contributed by atoms with Gasteiger partial charge in [-0.15, -0.1) is 0 Å². The van der Waals surface area contributed by atoms with Crippen molar-refractivity contribution < 1.29 is 14.3 Å². The molecule has 1 aromatic carbocycles. The van der Waals surface area contributed by atoms with Gasteiger partial charge in [-0.2, -0.15) is 0 Å². The highest BCUT2D eigenvalue weighted by molar-refractivity contribution is 5.94. The van der Waals surface area contributed by atoms with Crippen molar-refractivity contribution in [3.63, 3.8) is 0 Å². The second kappa shape index (κ2) is 10.9. The lowest BCUT2D eigenvalue weighted by Crippen LogP contribution is -2.49. The monoisotopic (exact) mass is 503 g/mol. The van der Waals surface area contributed by atoms with Crippen LogP contribution in [0.25, 0.3) is 17.5 Å². The van der Waals surface area contributed by atoms with Crippen LogP contribution in [0, 0.1) is 11.2 Å². The van der Waals surface area contributed by atoms with Crippen LogP contribution in [0.15, 0.2) is 54.7 Å². The Morgan fingerprint density at radius 2 is 1.97 bits per heavy atom. The van der Waals surface area contributed by atoms with E-state index >= 15 is 0 Å². The van der Waals surface area contributed by atoms with Crippen LogP contribution >= 0.6 is 0 Å². The van der Waals surface area contributed by atoms with Crippen LogP contribution in [0.1, 0.15) is 30.3 Å². The van der Waals surface area contributed by atoms with Gasteiger partial charge in [0.25, 0.3) is 0 Å². The molecule has 3 aromatic rings. The Kier molecular flexibility index (Phi) is 7.27. The van der Waals surface area contributed by atoms with E-state index in [2.05, 4.69) is 14.9 Å². The number of carbonyl (C=O) groups is 1. The van der Waals surface area contributed by atoms with Gasteiger partial charge in [-0.05, 0) is 54.8 Å². The number of aromatic amines is 1. The number of benzene rings is 1. The van der Waals surface area contributed by atoms with Gasteiger partial charge < -0.3 is 24.8 Å². The highest BCUT2D eigenvalue weighted by atomic mass is 19.1. The number of pyridine rings is 1. The first kappa shape index (κ1) is 24.6. The minimum Gasteiger partial charge on any atom is -0.387 e. The predicted molar refractivity (Wildman–Crippen MR) is 140 cm³/mol. The molecule has 2 saturated heterocycles. The van der Waals surface area contributed by atoms with Gasteiger partial charge >= 0.3 is 0 Å². The van der Waals surface area contributed by atoms with E-state index in [-0.39, 0.29) is 17.8 Å². The third kappa shape index (κ3) is 5.54. The van der Waals surface area contributed by atoms with Crippen molar-refractivity contribution in [2.75, 3.05) is 44.2 Å². The molecule has 0 saturated carbocycles. The minimum absolute atomic E-state index is 0.00409. The number of amides is 1. The Balaban J connectivity index is 1.24. The number of H-pyrrole nitrogens is 1. The second-order valence-electron chi connectivity index (χ2n) is 9.21. The van der Waals surface area contributed by atoms with E-state index in [1.165, 1.54) is 6.07 Å². The fourth-order valence-electron chi connectivity index (χ4n) is 4.95. The SMILES string of the molecule is N=C(C=Cc1ncc(-c2cccc(N3CCN(C(=O)CO)CC3)n2)[nH]1)N1CCCC1c1cccc(F)c1. The van der Waals surface area contributed by atoms with Crippen molar-refractivity contribution in [2.45, 2.75) is 18.9 Å². The Morgan fingerprint density at radius 3 is 2.76 bits per heavy atom. The van der Waals surface area contributed by atoms with Gasteiger partial charge in [0.05, 0.1) is 23.6 Å². The molecule has 37 heavy (non-hydrogen) atoms. The van der Waals surface area contributed by atoms with Gasteiger partial charge in [-0.1, -0.05) is 18.2 Å². The lowest BCUT2D eigenvalue weighted by atomic mass is 10.0. The van der Waals surface area contributed by atoms with Crippen molar-refractivity contribution in [1.82, 2.24) is 24.8 Å². The molecule has 10 heteroatoms. The maximum atomic E-state index is 13.7. The number of aliphatic hydroxyl groups excluding tert-OH is 1. The quantitative estimate of drug-likeness (QED) is 0.352. The number of rotatable bonds is 6. The Hall–Kier alpha value is -4.05. The molecule has 2 aliphatic heterocycles. The number of aromatic nitrogens is 3. The number of likely N-dealkylation sites (tertiary alicyclic amines) is 1. The van der Waals surface area contributed by atoms with Crippen LogP contribution in [0.5, 0.6) is 0 Å². The summed E-state index contributed by atoms with van der Waals surface area (Å²) in [5.74, 6) is 1.29. The van der Waals surface area contributed by atoms with E-state index in [1.54, 1.807) is 35.4 Å². The summed E-state index contributed by atoms with van der Waals surface area (Å²) < 4.78 is 13.7. The molecule has 3 N–H and O–H groups in total. The summed E-state index contributed by atoms with van der Waals surface area (Å²) in [6.07, 6.45) is 7.06. The molecular formula is C27H30FN7O2. The molecule has 2 fully saturated rings. The van der Waals surface area contributed by atoms with Gasteiger partial charge in [0, 0.05) is 32.7 Å². The molecule has 192 valence electrons. The number of halogens is 1. The Morgan fingerprint density at radius 1 is 1.16 bits per heavy atom. The van der Waals surface area contributed by atoms with Crippen LogP contribution in [-0.2, 0) is 4.79 Å². The van der Waals surface area contributed by atoms with Gasteiger partial charge in [0.2, 0.25) is 5.91 Å². The van der Waals surface area contributed by atoms with E-state index in [1.807, 2.05) is 29.2 Å². The summed E-state index contributed by atoms with van der Waals surface area (Å²) in [7, 11) is 0. The number of aliphatic hydroxyl groups is 1. The maximum Gasteiger partial charge on any atom is 0.248 e. The molecule has 0 spiro atoms. The molecule has 0 bridgehead atoms. The van der Waals surface area contributed by atoms with Crippen molar-refractivity contribution in [2.24, 2.45) is 0 Å². The number of hydrogen-bond acceptors (Lipinski definition) is 6. The summed E-state index contributed by atoms with van der Waals surface area (Å²) in [6.45, 7) is 2.69. The number of nitrogens with one attached hydrogen (secondary N) is 2. The molecule has 9 nitrogen and oxygen atoms in total. The van der Waals surface area contributed by atoms with Gasteiger partial charge in [-0.3, -0.25) is 10.2 Å². The molecule has 0 aliphatic carbocycles. The standard InChI is InChI=1S/C27H30FN7O2/c28-20-5-1-4-19(16-20)23-7-3-11-35(23)24(29)9-10-25-30-17-22(31-25)21-6-2-8-26(32-21)33-12-14-34(15-13-33)27(37)18-36/h1-2,4-6,8-10,16-17,23,29,36H,3,7,11-15,18H2,(H,30,31). The zero-order chi connectivity index (χ0) is 25.8. The lowest BCUT2D eigenvalue weighted by molar-refractivity contribution is -0.134. The number of carbonyl (C=O) groups excluding carboxylic acids is 1. The average molecular weight is 504 g/mol. The van der Waals surface area contributed by atoms with Crippen LogP contribution in [-0.4, -0.2) is 80.9 Å². The van der Waals surface area contributed by atoms with Gasteiger partial charge in [0.15, 0.2) is 0 Å². The second-order valence-corrected chi connectivity index (χ2v) is 9.21.